The molecule has 0 bridgehead atoms. The molecule has 8 nitrogen and oxygen atoms in total. The van der Waals surface area contributed by atoms with Gasteiger partial charge in [0.25, 0.3) is 11.8 Å². The van der Waals surface area contributed by atoms with Gasteiger partial charge >= 0.3 is 11.9 Å². The standard InChI is InChI=1S/C10H10BrIN2O6/c11-3-1-7(15)13(5-9(17)18)14(6-10(19)20)8(16)2-4-12/h1-4H,5-6H2,(H,17,18)(H,19,20)/b3-1+,4-2+. The van der Waals surface area contributed by atoms with Crippen LogP contribution in [0.15, 0.2) is 21.2 Å². The second-order valence-corrected chi connectivity index (χ2v) is 4.41. The molecule has 0 aromatic carbocycles. The summed E-state index contributed by atoms with van der Waals surface area (Å²) in [7, 11) is 0. The summed E-state index contributed by atoms with van der Waals surface area (Å²) < 4.78 is 1.32. The normalized spacial score (nSPS) is 10.7. The quantitative estimate of drug-likeness (QED) is 0.340. The number of amides is 2. The number of carboxylic acid groups (broad SMARTS) is 2. The van der Waals surface area contributed by atoms with Gasteiger partial charge in [-0.3, -0.25) is 19.2 Å². The molecule has 0 atom stereocenters. The summed E-state index contributed by atoms with van der Waals surface area (Å²) in [6.45, 7) is -1.68. The van der Waals surface area contributed by atoms with E-state index in [-0.39, 0.29) is 0 Å². The molecule has 2 amide bonds. The van der Waals surface area contributed by atoms with Crippen molar-refractivity contribution in [2.45, 2.75) is 0 Å². The molecule has 0 aliphatic carbocycles. The van der Waals surface area contributed by atoms with E-state index in [4.69, 9.17) is 10.2 Å². The Labute approximate surface area is 135 Å². The van der Waals surface area contributed by atoms with Crippen LogP contribution in [-0.4, -0.2) is 57.1 Å². The van der Waals surface area contributed by atoms with Gasteiger partial charge in [-0.05, 0) is 9.07 Å². The van der Waals surface area contributed by atoms with Crippen LogP contribution >= 0.6 is 38.5 Å². The van der Waals surface area contributed by atoms with E-state index in [0.29, 0.717) is 10.0 Å². The van der Waals surface area contributed by atoms with Crippen molar-refractivity contribution < 1.29 is 29.4 Å². The zero-order valence-corrected chi connectivity index (χ0v) is 13.6. The number of rotatable bonds is 6. The van der Waals surface area contributed by atoms with E-state index < -0.39 is 36.8 Å². The number of carbonyl (C=O) groups excluding carboxylic acids is 2. The largest absolute Gasteiger partial charge is 0.480 e. The van der Waals surface area contributed by atoms with Crippen LogP contribution in [0.3, 0.4) is 0 Å². The van der Waals surface area contributed by atoms with E-state index in [1.54, 1.807) is 22.6 Å². The molecule has 0 saturated heterocycles. The van der Waals surface area contributed by atoms with Gasteiger partial charge in [0.1, 0.15) is 13.1 Å². The molecule has 0 radical (unpaired) electrons. The number of hydrogen-bond acceptors (Lipinski definition) is 4. The lowest BCUT2D eigenvalue weighted by Gasteiger charge is -2.30. The Morgan fingerprint density at radius 3 is 1.65 bits per heavy atom. The average Bonchev–Trinajstić information content (AvgIpc) is 2.33. The minimum Gasteiger partial charge on any atom is -0.480 e. The van der Waals surface area contributed by atoms with Crippen LogP contribution in [0, 0.1) is 0 Å². The monoisotopic (exact) mass is 460 g/mol. The van der Waals surface area contributed by atoms with Crippen LogP contribution in [-0.2, 0) is 19.2 Å². The minimum absolute atomic E-state index is 0.535. The summed E-state index contributed by atoms with van der Waals surface area (Å²) in [6.07, 6.45) is 1.97. The fraction of sp³-hybridized carbons (Fsp3) is 0.200. The molecule has 2 N–H and O–H groups in total. The van der Waals surface area contributed by atoms with E-state index >= 15 is 0 Å². The van der Waals surface area contributed by atoms with E-state index in [1.807, 2.05) is 0 Å². The van der Waals surface area contributed by atoms with Gasteiger partial charge in [0.05, 0.1) is 0 Å². The van der Waals surface area contributed by atoms with Crippen molar-refractivity contribution in [3.63, 3.8) is 0 Å². The fourth-order valence-electron chi connectivity index (χ4n) is 1.10. The van der Waals surface area contributed by atoms with E-state index in [1.165, 1.54) is 9.07 Å². The highest BCUT2D eigenvalue weighted by atomic mass is 127. The smallest absolute Gasteiger partial charge is 0.325 e. The molecule has 10 heteroatoms. The van der Waals surface area contributed by atoms with Crippen molar-refractivity contribution in [2.75, 3.05) is 13.1 Å². The topological polar surface area (TPSA) is 115 Å². The number of carbonyl (C=O) groups is 4. The fourth-order valence-corrected chi connectivity index (χ4v) is 1.63. The lowest BCUT2D eigenvalue weighted by atomic mass is 10.4. The number of carboxylic acids is 2. The predicted molar refractivity (Wildman–Crippen MR) is 79.9 cm³/mol. The van der Waals surface area contributed by atoms with E-state index in [9.17, 15) is 19.2 Å². The minimum atomic E-state index is -1.39. The molecule has 0 aromatic rings. The zero-order valence-electron chi connectivity index (χ0n) is 9.90. The Morgan fingerprint density at radius 1 is 0.950 bits per heavy atom. The molecule has 0 unspecified atom stereocenters. The predicted octanol–water partition coefficient (Wildman–Crippen LogP) is 0.585. The summed E-state index contributed by atoms with van der Waals surface area (Å²) in [5, 5.41) is 18.6. The van der Waals surface area contributed by atoms with Crippen molar-refractivity contribution in [2.24, 2.45) is 0 Å². The second kappa shape index (κ2) is 9.47. The molecule has 110 valence electrons. The van der Waals surface area contributed by atoms with Crippen molar-refractivity contribution in [3.8, 4) is 0 Å². The molecule has 0 heterocycles. The van der Waals surface area contributed by atoms with E-state index in [0.717, 1.165) is 12.2 Å². The molecular formula is C10H10BrIN2O6. The number of aliphatic carboxylic acids is 2. The van der Waals surface area contributed by atoms with Gasteiger partial charge in [0.15, 0.2) is 0 Å². The first kappa shape index (κ1) is 18.6. The molecule has 0 rings (SSSR count). The number of hydrazine groups is 1. The van der Waals surface area contributed by atoms with Crippen molar-refractivity contribution in [1.82, 2.24) is 10.0 Å². The van der Waals surface area contributed by atoms with Gasteiger partial charge in [-0.2, -0.15) is 0 Å². The highest BCUT2D eigenvalue weighted by Crippen LogP contribution is 2.04. The molecule has 0 aliphatic rings. The van der Waals surface area contributed by atoms with Crippen LogP contribution in [0.5, 0.6) is 0 Å². The molecule has 20 heavy (non-hydrogen) atoms. The lowest BCUT2D eigenvalue weighted by molar-refractivity contribution is -0.168. The molecule has 0 aliphatic heterocycles. The van der Waals surface area contributed by atoms with Gasteiger partial charge in [-0.15, -0.1) is 0 Å². The van der Waals surface area contributed by atoms with Gasteiger partial charge in [0.2, 0.25) is 0 Å². The third-order valence-corrected chi connectivity index (χ3v) is 2.41. The first-order chi connectivity index (χ1) is 9.33. The Balaban J connectivity index is 5.47. The highest BCUT2D eigenvalue weighted by Gasteiger charge is 2.27. The van der Waals surface area contributed by atoms with Crippen LogP contribution in [0.4, 0.5) is 0 Å². The number of nitrogens with zero attached hydrogens (tertiary/aromatic N) is 2. The second-order valence-electron chi connectivity index (χ2n) is 3.16. The Kier molecular flexibility index (Phi) is 8.79. The summed E-state index contributed by atoms with van der Waals surface area (Å²) in [5.74, 6) is -4.44. The van der Waals surface area contributed by atoms with Gasteiger partial charge in [-0.25, -0.2) is 10.0 Å². The highest BCUT2D eigenvalue weighted by molar-refractivity contribution is 14.1. The van der Waals surface area contributed by atoms with Gasteiger partial charge in [0, 0.05) is 12.2 Å². The molecule has 0 spiro atoms. The average molecular weight is 461 g/mol. The summed E-state index contributed by atoms with van der Waals surface area (Å²) in [6, 6.07) is 0. The third kappa shape index (κ3) is 6.65. The number of halogens is 2. The van der Waals surface area contributed by atoms with Crippen LogP contribution < -0.4 is 0 Å². The Hall–Kier alpha value is -1.43. The molecule has 0 aromatic heterocycles. The third-order valence-electron chi connectivity index (χ3n) is 1.78. The first-order valence-corrected chi connectivity index (χ1v) is 7.09. The summed E-state index contributed by atoms with van der Waals surface area (Å²) in [5.41, 5.74) is 0. The maximum Gasteiger partial charge on any atom is 0.325 e. The van der Waals surface area contributed by atoms with Gasteiger partial charge < -0.3 is 10.2 Å². The molecular weight excluding hydrogens is 451 g/mol. The number of hydrogen-bond donors (Lipinski definition) is 2. The summed E-state index contributed by atoms with van der Waals surface area (Å²) in [4.78, 5) is 46.2. The lowest BCUT2D eigenvalue weighted by Crippen LogP contribution is -2.52. The Bertz CT molecular complexity index is 423. The summed E-state index contributed by atoms with van der Waals surface area (Å²) >= 11 is 4.58. The Morgan fingerprint density at radius 2 is 1.35 bits per heavy atom. The van der Waals surface area contributed by atoms with Crippen molar-refractivity contribution in [1.29, 1.82) is 0 Å². The van der Waals surface area contributed by atoms with Crippen molar-refractivity contribution in [3.05, 3.63) is 21.2 Å². The molecule has 0 saturated carbocycles. The SMILES string of the molecule is O=C(O)CN(C(=O)/C=C/Br)N(CC(=O)O)C(=O)/C=C/I. The maximum atomic E-state index is 11.8. The zero-order chi connectivity index (χ0) is 15.7. The van der Waals surface area contributed by atoms with E-state index in [2.05, 4.69) is 15.9 Å². The first-order valence-electron chi connectivity index (χ1n) is 4.93. The van der Waals surface area contributed by atoms with Crippen molar-refractivity contribution >= 4 is 62.3 Å². The van der Waals surface area contributed by atoms with Crippen LogP contribution in [0.25, 0.3) is 0 Å². The van der Waals surface area contributed by atoms with Crippen LogP contribution in [0.1, 0.15) is 0 Å². The molecule has 0 fully saturated rings. The maximum absolute atomic E-state index is 11.8. The van der Waals surface area contributed by atoms with Crippen LogP contribution in [0.2, 0.25) is 0 Å². The van der Waals surface area contributed by atoms with Gasteiger partial charge in [-0.1, -0.05) is 38.5 Å².